The monoisotopic (exact) mass is 180 g/mol. The molecule has 13 heavy (non-hydrogen) atoms. The fourth-order valence-corrected chi connectivity index (χ4v) is 1.81. The van der Waals surface area contributed by atoms with Crippen molar-refractivity contribution in [3.63, 3.8) is 0 Å². The van der Waals surface area contributed by atoms with Gasteiger partial charge >= 0.3 is 0 Å². The summed E-state index contributed by atoms with van der Waals surface area (Å²) in [6, 6.07) is -0.136. The molecular formula is C7H12N6. The molecule has 1 rings (SSSR count). The van der Waals surface area contributed by atoms with Crippen LogP contribution in [0.2, 0.25) is 0 Å². The largest absolute Gasteiger partial charge is 0.0935 e. The zero-order chi connectivity index (χ0) is 9.52. The SMILES string of the molecule is [N-]=[N+]=NCC(N=[N+]=[N-])C1CCCC1. The van der Waals surface area contributed by atoms with Crippen LogP contribution in [0.1, 0.15) is 25.7 Å². The third-order valence-corrected chi connectivity index (χ3v) is 2.48. The molecule has 0 aliphatic heterocycles. The topological polar surface area (TPSA) is 97.5 Å². The summed E-state index contributed by atoms with van der Waals surface area (Å²) in [5.74, 6) is 0.418. The van der Waals surface area contributed by atoms with Crippen LogP contribution >= 0.6 is 0 Å². The van der Waals surface area contributed by atoms with Crippen molar-refractivity contribution in [2.45, 2.75) is 31.7 Å². The van der Waals surface area contributed by atoms with Crippen molar-refractivity contribution in [1.82, 2.24) is 0 Å². The van der Waals surface area contributed by atoms with Gasteiger partial charge in [-0.25, -0.2) is 0 Å². The average molecular weight is 180 g/mol. The van der Waals surface area contributed by atoms with Gasteiger partial charge in [0.2, 0.25) is 0 Å². The third kappa shape index (κ3) is 2.86. The van der Waals surface area contributed by atoms with Crippen molar-refractivity contribution in [2.75, 3.05) is 6.54 Å². The zero-order valence-electron chi connectivity index (χ0n) is 7.37. The smallest absolute Gasteiger partial charge is 0.0458 e. The van der Waals surface area contributed by atoms with E-state index in [1.807, 2.05) is 0 Å². The summed E-state index contributed by atoms with van der Waals surface area (Å²) in [5.41, 5.74) is 16.5. The zero-order valence-corrected chi connectivity index (χ0v) is 7.37. The van der Waals surface area contributed by atoms with Crippen molar-refractivity contribution in [3.05, 3.63) is 20.9 Å². The van der Waals surface area contributed by atoms with Gasteiger partial charge < -0.3 is 0 Å². The molecule has 1 atom stereocenters. The molecule has 0 bridgehead atoms. The standard InChI is InChI=1S/C7H12N6/c8-12-10-5-7(11-13-9)6-3-1-2-4-6/h6-7H,1-5H2. The van der Waals surface area contributed by atoms with Gasteiger partial charge in [-0.3, -0.25) is 0 Å². The Kier molecular flexibility index (Phi) is 3.96. The van der Waals surface area contributed by atoms with E-state index in [0.29, 0.717) is 12.5 Å². The molecule has 1 unspecified atom stereocenters. The van der Waals surface area contributed by atoms with Crippen LogP contribution in [0.25, 0.3) is 20.9 Å². The van der Waals surface area contributed by atoms with E-state index in [-0.39, 0.29) is 6.04 Å². The Labute approximate surface area is 76.2 Å². The Bertz CT molecular complexity index is 244. The fraction of sp³-hybridized carbons (Fsp3) is 1.00. The van der Waals surface area contributed by atoms with Gasteiger partial charge in [-0.15, -0.1) is 0 Å². The molecule has 6 heteroatoms. The first-order valence-electron chi connectivity index (χ1n) is 4.43. The summed E-state index contributed by atoms with van der Waals surface area (Å²) in [4.78, 5) is 5.45. The lowest BCUT2D eigenvalue weighted by atomic mass is 9.99. The van der Waals surface area contributed by atoms with Crippen LogP contribution in [0.3, 0.4) is 0 Å². The van der Waals surface area contributed by atoms with Gasteiger partial charge in [-0.1, -0.05) is 35.9 Å². The molecule has 1 aliphatic carbocycles. The van der Waals surface area contributed by atoms with Crippen molar-refractivity contribution < 1.29 is 0 Å². The van der Waals surface area contributed by atoms with Gasteiger partial charge in [0.25, 0.3) is 0 Å². The minimum atomic E-state index is -0.136. The van der Waals surface area contributed by atoms with E-state index in [2.05, 4.69) is 20.1 Å². The van der Waals surface area contributed by atoms with Crippen LogP contribution < -0.4 is 0 Å². The molecule has 0 aromatic rings. The quantitative estimate of drug-likeness (QED) is 0.360. The fourth-order valence-electron chi connectivity index (χ4n) is 1.81. The first kappa shape index (κ1) is 9.71. The minimum absolute atomic E-state index is 0.136. The molecule has 0 aromatic carbocycles. The summed E-state index contributed by atoms with van der Waals surface area (Å²) in [6.45, 7) is 0.297. The van der Waals surface area contributed by atoms with Crippen LogP contribution in [0, 0.1) is 5.92 Å². The maximum atomic E-state index is 8.32. The maximum Gasteiger partial charge on any atom is 0.0458 e. The minimum Gasteiger partial charge on any atom is -0.0935 e. The van der Waals surface area contributed by atoms with Crippen molar-refractivity contribution in [1.29, 1.82) is 0 Å². The third-order valence-electron chi connectivity index (χ3n) is 2.48. The molecule has 0 N–H and O–H groups in total. The van der Waals surface area contributed by atoms with Gasteiger partial charge in [0.1, 0.15) is 0 Å². The van der Waals surface area contributed by atoms with Gasteiger partial charge in [-0.2, -0.15) is 0 Å². The molecule has 0 spiro atoms. The normalized spacial score (nSPS) is 18.8. The first-order chi connectivity index (χ1) is 6.38. The summed E-state index contributed by atoms with van der Waals surface area (Å²) < 4.78 is 0. The molecule has 0 amide bonds. The van der Waals surface area contributed by atoms with Crippen LogP contribution in [0.15, 0.2) is 10.2 Å². The summed E-state index contributed by atoms with van der Waals surface area (Å²) >= 11 is 0. The molecule has 0 aromatic heterocycles. The van der Waals surface area contributed by atoms with Crippen LogP contribution in [0.5, 0.6) is 0 Å². The van der Waals surface area contributed by atoms with E-state index in [9.17, 15) is 0 Å². The highest BCUT2D eigenvalue weighted by atomic mass is 15.2. The van der Waals surface area contributed by atoms with Gasteiger partial charge in [0.15, 0.2) is 0 Å². The molecule has 0 radical (unpaired) electrons. The van der Waals surface area contributed by atoms with E-state index in [4.69, 9.17) is 11.1 Å². The van der Waals surface area contributed by atoms with Crippen LogP contribution in [0.4, 0.5) is 0 Å². The Morgan fingerprint density at radius 1 is 1.23 bits per heavy atom. The second-order valence-electron chi connectivity index (χ2n) is 3.23. The van der Waals surface area contributed by atoms with Gasteiger partial charge in [0.05, 0.1) is 0 Å². The number of hydrogen-bond donors (Lipinski definition) is 0. The molecule has 0 heterocycles. The highest BCUT2D eigenvalue weighted by Crippen LogP contribution is 2.29. The van der Waals surface area contributed by atoms with E-state index >= 15 is 0 Å². The molecule has 0 saturated heterocycles. The molecule has 1 saturated carbocycles. The Balaban J connectivity index is 2.54. The van der Waals surface area contributed by atoms with E-state index in [0.717, 1.165) is 12.8 Å². The molecule has 6 nitrogen and oxygen atoms in total. The number of rotatable bonds is 4. The highest BCUT2D eigenvalue weighted by molar-refractivity contribution is 4.82. The average Bonchev–Trinajstić information content (AvgIpc) is 2.65. The number of hydrogen-bond acceptors (Lipinski definition) is 2. The maximum absolute atomic E-state index is 8.32. The summed E-state index contributed by atoms with van der Waals surface area (Å²) in [7, 11) is 0. The van der Waals surface area contributed by atoms with Gasteiger partial charge in [0, 0.05) is 22.4 Å². The Morgan fingerprint density at radius 3 is 2.46 bits per heavy atom. The number of nitrogens with zero attached hydrogens (tertiary/aromatic N) is 6. The van der Waals surface area contributed by atoms with E-state index < -0.39 is 0 Å². The van der Waals surface area contributed by atoms with Crippen molar-refractivity contribution in [3.8, 4) is 0 Å². The van der Waals surface area contributed by atoms with Crippen molar-refractivity contribution >= 4 is 0 Å². The second kappa shape index (κ2) is 5.30. The lowest BCUT2D eigenvalue weighted by Crippen LogP contribution is -2.18. The van der Waals surface area contributed by atoms with E-state index in [1.165, 1.54) is 12.8 Å². The summed E-state index contributed by atoms with van der Waals surface area (Å²) in [5, 5.41) is 7.11. The van der Waals surface area contributed by atoms with Crippen LogP contribution in [-0.4, -0.2) is 12.6 Å². The van der Waals surface area contributed by atoms with Crippen molar-refractivity contribution in [2.24, 2.45) is 16.1 Å². The van der Waals surface area contributed by atoms with E-state index in [1.54, 1.807) is 0 Å². The Hall–Kier alpha value is -1.38. The first-order valence-corrected chi connectivity index (χ1v) is 4.43. The summed E-state index contributed by atoms with van der Waals surface area (Å²) in [6.07, 6.45) is 4.56. The molecule has 70 valence electrons. The van der Waals surface area contributed by atoms with Gasteiger partial charge in [-0.05, 0) is 17.0 Å². The highest BCUT2D eigenvalue weighted by Gasteiger charge is 2.23. The Morgan fingerprint density at radius 2 is 1.92 bits per heavy atom. The molecular weight excluding hydrogens is 168 g/mol. The van der Waals surface area contributed by atoms with Crippen LogP contribution in [-0.2, 0) is 0 Å². The molecule has 1 fully saturated rings. The molecule has 1 aliphatic rings. The lowest BCUT2D eigenvalue weighted by molar-refractivity contribution is 0.436. The predicted octanol–water partition coefficient (Wildman–Crippen LogP) is 3.17. The second-order valence-corrected chi connectivity index (χ2v) is 3.23. The predicted molar refractivity (Wildman–Crippen MR) is 48.9 cm³/mol. The number of azide groups is 2. The lowest BCUT2D eigenvalue weighted by Gasteiger charge is -2.14.